The highest BCUT2D eigenvalue weighted by Gasteiger charge is 2.37. The van der Waals surface area contributed by atoms with Gasteiger partial charge in [-0.3, -0.25) is 0 Å². The van der Waals surface area contributed by atoms with Gasteiger partial charge in [0.15, 0.2) is 0 Å². The molecule has 2 heteroatoms. The molecule has 0 radical (unpaired) electrons. The predicted octanol–water partition coefficient (Wildman–Crippen LogP) is 7.71. The minimum Gasteiger partial charge on any atom is -0.378 e. The Balaban J connectivity index is 0.00000407. The van der Waals surface area contributed by atoms with Crippen LogP contribution in [-0.4, -0.2) is 43.5 Å². The molecule has 2 nitrogen and oxygen atoms in total. The molecule has 0 aliphatic carbocycles. The van der Waals surface area contributed by atoms with Gasteiger partial charge in [0.25, 0.3) is 0 Å². The van der Waals surface area contributed by atoms with Crippen molar-refractivity contribution in [3.8, 4) is 0 Å². The van der Waals surface area contributed by atoms with Crippen molar-refractivity contribution < 1.29 is 0 Å². The zero-order chi connectivity index (χ0) is 23.2. The van der Waals surface area contributed by atoms with Gasteiger partial charge in [-0.1, -0.05) is 85.4 Å². The summed E-state index contributed by atoms with van der Waals surface area (Å²) in [4.78, 5) is 4.76. The minimum atomic E-state index is 0.359. The van der Waals surface area contributed by atoms with Gasteiger partial charge in [0.05, 0.1) is 0 Å². The molecule has 174 valence electrons. The van der Waals surface area contributed by atoms with Gasteiger partial charge in [-0.25, -0.2) is 0 Å². The Morgan fingerprint density at radius 1 is 1.10 bits per heavy atom. The van der Waals surface area contributed by atoms with Gasteiger partial charge in [-0.15, -0.1) is 0 Å². The van der Waals surface area contributed by atoms with Crippen LogP contribution in [0.5, 0.6) is 0 Å². The molecule has 0 aromatic heterocycles. The van der Waals surface area contributed by atoms with E-state index in [9.17, 15) is 0 Å². The van der Waals surface area contributed by atoms with E-state index in [1.165, 1.54) is 38.9 Å². The molecule has 0 aromatic rings. The lowest BCUT2D eigenvalue weighted by Crippen LogP contribution is -2.43. The molecule has 1 rings (SSSR count). The second-order valence-electron chi connectivity index (χ2n) is 10.0. The molecule has 1 unspecified atom stereocenters. The summed E-state index contributed by atoms with van der Waals surface area (Å²) in [5.74, 6) is 0.580. The summed E-state index contributed by atoms with van der Waals surface area (Å²) in [7, 11) is 4.11. The van der Waals surface area contributed by atoms with E-state index in [1.807, 2.05) is 13.8 Å². The first-order valence-corrected chi connectivity index (χ1v) is 12.2. The molecule has 1 aliphatic heterocycles. The monoisotopic (exact) mass is 416 g/mol. The summed E-state index contributed by atoms with van der Waals surface area (Å²) in [6, 6.07) is 0. The standard InChI is InChI=1S/C26H46N2.C2H6/c1-9-10-11-12-14-23(2)26(16-13-15-24(3)27(7)8)18-21-28(22-19-26)20-17-25(4,5)6;1-2/h10-15,23H,3,9,16-22H2,1-2,4-8H3;1-2H3/b11-10-,14-12-,15-13+;. The van der Waals surface area contributed by atoms with Crippen molar-refractivity contribution in [1.82, 2.24) is 9.80 Å². The highest BCUT2D eigenvalue weighted by Crippen LogP contribution is 2.43. The van der Waals surface area contributed by atoms with Gasteiger partial charge < -0.3 is 9.80 Å². The second kappa shape index (κ2) is 14.7. The minimum absolute atomic E-state index is 0.359. The van der Waals surface area contributed by atoms with E-state index in [2.05, 4.69) is 102 Å². The Labute approximate surface area is 189 Å². The Kier molecular flexibility index (Phi) is 14.1. The maximum absolute atomic E-state index is 4.14. The van der Waals surface area contributed by atoms with Gasteiger partial charge in [-0.05, 0) is 74.6 Å². The number of piperidine rings is 1. The quantitative estimate of drug-likeness (QED) is 0.336. The molecule has 1 aliphatic rings. The normalized spacial score (nSPS) is 18.6. The van der Waals surface area contributed by atoms with Gasteiger partial charge in [0.2, 0.25) is 0 Å². The highest BCUT2D eigenvalue weighted by molar-refractivity contribution is 5.14. The van der Waals surface area contributed by atoms with Crippen LogP contribution in [0.15, 0.2) is 48.7 Å². The summed E-state index contributed by atoms with van der Waals surface area (Å²) in [5.41, 5.74) is 1.86. The Morgan fingerprint density at radius 2 is 1.70 bits per heavy atom. The lowest BCUT2D eigenvalue weighted by Gasteiger charge is -2.45. The Morgan fingerprint density at radius 3 is 2.20 bits per heavy atom. The third-order valence-electron chi connectivity index (χ3n) is 6.29. The lowest BCUT2D eigenvalue weighted by atomic mass is 9.67. The number of allylic oxidation sites excluding steroid dienone is 6. The van der Waals surface area contributed by atoms with Crippen LogP contribution in [0.4, 0.5) is 0 Å². The second-order valence-corrected chi connectivity index (χ2v) is 10.0. The highest BCUT2D eigenvalue weighted by atomic mass is 15.1. The molecular weight excluding hydrogens is 364 g/mol. The van der Waals surface area contributed by atoms with Crippen molar-refractivity contribution in [1.29, 1.82) is 0 Å². The summed E-state index contributed by atoms with van der Waals surface area (Å²) in [5, 5.41) is 0. The van der Waals surface area contributed by atoms with E-state index in [1.54, 1.807) is 0 Å². The van der Waals surface area contributed by atoms with Crippen LogP contribution >= 0.6 is 0 Å². The zero-order valence-corrected chi connectivity index (χ0v) is 21.8. The summed E-state index contributed by atoms with van der Waals surface area (Å²) in [6.45, 7) is 23.5. The maximum Gasteiger partial charge on any atom is 0.0284 e. The number of hydrogen-bond donors (Lipinski definition) is 0. The Bertz CT molecular complexity index is 537. The van der Waals surface area contributed by atoms with Gasteiger partial charge in [0, 0.05) is 19.8 Å². The van der Waals surface area contributed by atoms with Gasteiger partial charge in [0.1, 0.15) is 0 Å². The average molecular weight is 417 g/mol. The van der Waals surface area contributed by atoms with Crippen LogP contribution in [0.2, 0.25) is 0 Å². The van der Waals surface area contributed by atoms with Crippen LogP contribution in [0.1, 0.15) is 80.6 Å². The van der Waals surface area contributed by atoms with Crippen molar-refractivity contribution in [2.24, 2.45) is 16.7 Å². The van der Waals surface area contributed by atoms with E-state index < -0.39 is 0 Å². The SMILES string of the molecule is C=C(/C=C/CC1(C(C)/C=C\C=C/CC)CCN(CCC(C)(C)C)CC1)N(C)C.CC. The molecule has 1 fully saturated rings. The molecule has 30 heavy (non-hydrogen) atoms. The summed E-state index contributed by atoms with van der Waals surface area (Å²) < 4.78 is 0. The predicted molar refractivity (Wildman–Crippen MR) is 138 cm³/mol. The average Bonchev–Trinajstić information content (AvgIpc) is 2.71. The van der Waals surface area contributed by atoms with Crippen molar-refractivity contribution in [3.63, 3.8) is 0 Å². The summed E-state index contributed by atoms with van der Waals surface area (Å²) in [6.07, 6.45) is 19.7. The number of likely N-dealkylation sites (N-methyl/N-ethyl adjacent to an activating group) is 1. The van der Waals surface area contributed by atoms with E-state index >= 15 is 0 Å². The fraction of sp³-hybridized carbons (Fsp3) is 0.714. The van der Waals surface area contributed by atoms with Crippen molar-refractivity contribution in [2.45, 2.75) is 80.6 Å². The molecule has 0 bridgehead atoms. The van der Waals surface area contributed by atoms with Crippen LogP contribution in [-0.2, 0) is 0 Å². The topological polar surface area (TPSA) is 6.48 Å². The van der Waals surface area contributed by atoms with Crippen molar-refractivity contribution in [2.75, 3.05) is 33.7 Å². The van der Waals surface area contributed by atoms with E-state index in [4.69, 9.17) is 0 Å². The fourth-order valence-electron chi connectivity index (χ4n) is 3.79. The molecular formula is C28H52N2. The van der Waals surface area contributed by atoms with E-state index in [0.29, 0.717) is 16.7 Å². The zero-order valence-electron chi connectivity index (χ0n) is 21.8. The molecule has 0 N–H and O–H groups in total. The number of nitrogens with zero attached hydrogens (tertiary/aromatic N) is 2. The van der Waals surface area contributed by atoms with Crippen LogP contribution < -0.4 is 0 Å². The van der Waals surface area contributed by atoms with Crippen LogP contribution in [0, 0.1) is 16.7 Å². The molecule has 1 saturated heterocycles. The molecule has 0 spiro atoms. The third kappa shape index (κ3) is 11.2. The van der Waals surface area contributed by atoms with Gasteiger partial charge in [-0.2, -0.15) is 0 Å². The number of hydrogen-bond acceptors (Lipinski definition) is 2. The molecule has 0 saturated carbocycles. The first kappa shape index (κ1) is 28.7. The largest absolute Gasteiger partial charge is 0.378 e. The molecule has 1 atom stereocenters. The van der Waals surface area contributed by atoms with Crippen molar-refractivity contribution in [3.05, 3.63) is 48.7 Å². The van der Waals surface area contributed by atoms with E-state index in [-0.39, 0.29) is 0 Å². The fourth-order valence-corrected chi connectivity index (χ4v) is 3.79. The molecule has 1 heterocycles. The van der Waals surface area contributed by atoms with Crippen LogP contribution in [0.25, 0.3) is 0 Å². The van der Waals surface area contributed by atoms with Crippen molar-refractivity contribution >= 4 is 0 Å². The smallest absolute Gasteiger partial charge is 0.0284 e. The Hall–Kier alpha value is -1.28. The first-order chi connectivity index (χ1) is 14.1. The summed E-state index contributed by atoms with van der Waals surface area (Å²) >= 11 is 0. The van der Waals surface area contributed by atoms with Gasteiger partial charge >= 0.3 is 0 Å². The molecule has 0 amide bonds. The van der Waals surface area contributed by atoms with Crippen LogP contribution in [0.3, 0.4) is 0 Å². The maximum atomic E-state index is 4.14. The first-order valence-electron chi connectivity index (χ1n) is 12.2. The third-order valence-corrected chi connectivity index (χ3v) is 6.29. The number of likely N-dealkylation sites (tertiary alicyclic amines) is 1. The molecule has 0 aromatic carbocycles. The lowest BCUT2D eigenvalue weighted by molar-refractivity contribution is 0.0683. The van der Waals surface area contributed by atoms with E-state index in [0.717, 1.165) is 18.5 Å². The number of rotatable bonds is 10.